The summed E-state index contributed by atoms with van der Waals surface area (Å²) in [6.07, 6.45) is -4.62. The summed E-state index contributed by atoms with van der Waals surface area (Å²) in [4.78, 5) is 0. The van der Waals surface area contributed by atoms with Crippen LogP contribution in [0.2, 0.25) is 0 Å². The fraction of sp³-hybridized carbons (Fsp3) is 0.182. The quantitative estimate of drug-likeness (QED) is 0.630. The number of nitrogens with zero attached hydrogens (tertiary/aromatic N) is 2. The number of nitrogens with two attached hydrogens (primary N) is 1. The Hall–Kier alpha value is -3.93. The molecule has 1 unspecified atom stereocenters. The SMILES string of the molecule is CCOc1cccc(-c2[nH]nc3c2C(c2ccccc2C(F)(F)F)C(C#N)=C(N)O3)c1. The number of hydrogen-bond donors (Lipinski definition) is 2. The van der Waals surface area contributed by atoms with Gasteiger partial charge in [-0.25, -0.2) is 0 Å². The van der Waals surface area contributed by atoms with Crippen LogP contribution in [0.5, 0.6) is 11.6 Å². The molecule has 0 saturated carbocycles. The lowest BCUT2D eigenvalue weighted by molar-refractivity contribution is -0.138. The van der Waals surface area contributed by atoms with Crippen molar-refractivity contribution >= 4 is 0 Å². The lowest BCUT2D eigenvalue weighted by Gasteiger charge is -2.26. The van der Waals surface area contributed by atoms with Crippen LogP contribution >= 0.6 is 0 Å². The van der Waals surface area contributed by atoms with Gasteiger partial charge in [0.25, 0.3) is 0 Å². The zero-order valence-electron chi connectivity index (χ0n) is 16.3. The van der Waals surface area contributed by atoms with E-state index in [2.05, 4.69) is 10.2 Å². The van der Waals surface area contributed by atoms with Crippen LogP contribution < -0.4 is 15.2 Å². The fourth-order valence-corrected chi connectivity index (χ4v) is 3.69. The number of aromatic nitrogens is 2. The van der Waals surface area contributed by atoms with Gasteiger partial charge in [-0.15, -0.1) is 5.10 Å². The van der Waals surface area contributed by atoms with Crippen LogP contribution in [-0.4, -0.2) is 16.8 Å². The van der Waals surface area contributed by atoms with Gasteiger partial charge in [-0.3, -0.25) is 5.10 Å². The van der Waals surface area contributed by atoms with Gasteiger partial charge in [-0.05, 0) is 30.7 Å². The highest BCUT2D eigenvalue weighted by Gasteiger charge is 2.41. The highest BCUT2D eigenvalue weighted by molar-refractivity contribution is 5.72. The Balaban J connectivity index is 1.96. The Morgan fingerprint density at radius 2 is 2.00 bits per heavy atom. The number of fused-ring (bicyclic) bond motifs is 1. The van der Waals surface area contributed by atoms with Crippen LogP contribution in [0.25, 0.3) is 11.3 Å². The molecule has 0 radical (unpaired) electrons. The molecule has 0 saturated heterocycles. The van der Waals surface area contributed by atoms with E-state index in [4.69, 9.17) is 15.2 Å². The van der Waals surface area contributed by atoms with Crippen molar-refractivity contribution in [3.8, 4) is 29.0 Å². The first-order valence-corrected chi connectivity index (χ1v) is 9.40. The third-order valence-corrected chi connectivity index (χ3v) is 4.95. The van der Waals surface area contributed by atoms with E-state index in [0.29, 0.717) is 29.2 Å². The van der Waals surface area contributed by atoms with E-state index in [1.807, 2.05) is 13.0 Å². The summed E-state index contributed by atoms with van der Waals surface area (Å²) in [5, 5.41) is 16.6. The molecule has 4 rings (SSSR count). The largest absolute Gasteiger partial charge is 0.494 e. The van der Waals surface area contributed by atoms with Crippen molar-refractivity contribution in [3.63, 3.8) is 0 Å². The van der Waals surface area contributed by atoms with Gasteiger partial charge in [0, 0.05) is 5.56 Å². The van der Waals surface area contributed by atoms with Gasteiger partial charge < -0.3 is 15.2 Å². The van der Waals surface area contributed by atoms with Gasteiger partial charge in [-0.1, -0.05) is 30.3 Å². The molecule has 31 heavy (non-hydrogen) atoms. The Kier molecular flexibility index (Phi) is 5.07. The van der Waals surface area contributed by atoms with Gasteiger partial charge >= 0.3 is 6.18 Å². The Morgan fingerprint density at radius 3 is 2.71 bits per heavy atom. The molecule has 1 aliphatic rings. The van der Waals surface area contributed by atoms with Crippen molar-refractivity contribution < 1.29 is 22.6 Å². The molecule has 6 nitrogen and oxygen atoms in total. The van der Waals surface area contributed by atoms with Crippen LogP contribution in [0.3, 0.4) is 0 Å². The molecule has 158 valence electrons. The average Bonchev–Trinajstić information content (AvgIpc) is 3.16. The summed E-state index contributed by atoms with van der Waals surface area (Å²) in [5.41, 5.74) is 6.14. The second kappa shape index (κ2) is 7.72. The molecule has 0 fully saturated rings. The zero-order chi connectivity index (χ0) is 22.2. The summed E-state index contributed by atoms with van der Waals surface area (Å²) in [5.74, 6) is -0.785. The maximum absolute atomic E-state index is 13.8. The molecule has 3 N–H and O–H groups in total. The van der Waals surface area contributed by atoms with Crippen LogP contribution in [0.1, 0.15) is 29.5 Å². The van der Waals surface area contributed by atoms with Crippen molar-refractivity contribution in [3.05, 3.63) is 76.7 Å². The maximum atomic E-state index is 13.8. The number of benzene rings is 2. The summed E-state index contributed by atoms with van der Waals surface area (Å²) in [6, 6.07) is 14.0. The molecular formula is C22H17F3N4O2. The second-order valence-corrected chi connectivity index (χ2v) is 6.79. The first-order valence-electron chi connectivity index (χ1n) is 9.40. The topological polar surface area (TPSA) is 97.0 Å². The Labute approximate surface area is 175 Å². The number of alkyl halides is 3. The predicted octanol–water partition coefficient (Wildman–Crippen LogP) is 4.71. The van der Waals surface area contributed by atoms with Gasteiger partial charge in [-0.2, -0.15) is 18.4 Å². The van der Waals surface area contributed by atoms with E-state index in [0.717, 1.165) is 6.07 Å². The number of nitrogens with one attached hydrogen (secondary N) is 1. The predicted molar refractivity (Wildman–Crippen MR) is 106 cm³/mol. The van der Waals surface area contributed by atoms with Crippen LogP contribution in [-0.2, 0) is 6.18 Å². The van der Waals surface area contributed by atoms with Gasteiger partial charge in [0.05, 0.1) is 29.3 Å². The van der Waals surface area contributed by atoms with Crippen LogP contribution in [0.4, 0.5) is 13.2 Å². The number of halogens is 3. The molecule has 1 aliphatic heterocycles. The van der Waals surface area contributed by atoms with E-state index in [1.165, 1.54) is 18.2 Å². The second-order valence-electron chi connectivity index (χ2n) is 6.79. The fourth-order valence-electron chi connectivity index (χ4n) is 3.69. The molecule has 0 bridgehead atoms. The minimum absolute atomic E-state index is 0.0234. The summed E-state index contributed by atoms with van der Waals surface area (Å²) in [6.45, 7) is 2.29. The van der Waals surface area contributed by atoms with Crippen LogP contribution in [0.15, 0.2) is 60.0 Å². The van der Waals surface area contributed by atoms with Crippen LogP contribution in [0, 0.1) is 11.3 Å². The van der Waals surface area contributed by atoms with Crippen molar-refractivity contribution in [2.45, 2.75) is 19.0 Å². The highest BCUT2D eigenvalue weighted by atomic mass is 19.4. The van der Waals surface area contributed by atoms with E-state index in [-0.39, 0.29) is 22.9 Å². The van der Waals surface area contributed by atoms with E-state index in [9.17, 15) is 18.4 Å². The van der Waals surface area contributed by atoms with E-state index in [1.54, 1.807) is 24.3 Å². The molecule has 0 amide bonds. The summed E-state index contributed by atoms with van der Waals surface area (Å²) >= 11 is 0. The smallest absolute Gasteiger partial charge is 0.416 e. The molecule has 2 aromatic carbocycles. The zero-order valence-corrected chi connectivity index (χ0v) is 16.3. The highest BCUT2D eigenvalue weighted by Crippen LogP contribution is 2.48. The van der Waals surface area contributed by atoms with Crippen molar-refractivity contribution in [1.29, 1.82) is 5.26 Å². The minimum atomic E-state index is -4.62. The van der Waals surface area contributed by atoms with Gasteiger partial charge in [0.15, 0.2) is 0 Å². The molecule has 1 atom stereocenters. The third-order valence-electron chi connectivity index (χ3n) is 4.95. The molecule has 2 heterocycles. The number of nitriles is 1. The standard InChI is InChI=1S/C22H17F3N4O2/c1-2-30-13-7-5-6-12(10-13)19-18-17(14-8-3-4-9-16(14)22(23,24)25)15(11-26)20(27)31-21(18)29-28-19/h3-10,17H,2,27H2,1H3,(H,28,29). The third kappa shape index (κ3) is 3.57. The normalized spacial score (nSPS) is 15.8. The molecule has 3 aromatic rings. The van der Waals surface area contributed by atoms with Crippen molar-refractivity contribution in [2.75, 3.05) is 6.61 Å². The van der Waals surface area contributed by atoms with Crippen molar-refractivity contribution in [1.82, 2.24) is 10.2 Å². The number of hydrogen-bond acceptors (Lipinski definition) is 5. The van der Waals surface area contributed by atoms with Gasteiger partial charge in [0.2, 0.25) is 11.8 Å². The first kappa shape index (κ1) is 20.3. The number of rotatable bonds is 4. The van der Waals surface area contributed by atoms with E-state index < -0.39 is 17.7 Å². The minimum Gasteiger partial charge on any atom is -0.494 e. The monoisotopic (exact) mass is 426 g/mol. The Morgan fingerprint density at radius 1 is 1.23 bits per heavy atom. The number of allylic oxidation sites excluding steroid dienone is 1. The number of aromatic amines is 1. The lowest BCUT2D eigenvalue weighted by Crippen LogP contribution is -2.23. The van der Waals surface area contributed by atoms with Gasteiger partial charge in [0.1, 0.15) is 17.4 Å². The average molecular weight is 426 g/mol. The first-order chi connectivity index (χ1) is 14.8. The summed E-state index contributed by atoms with van der Waals surface area (Å²) in [7, 11) is 0. The van der Waals surface area contributed by atoms with E-state index >= 15 is 0 Å². The molecule has 0 aliphatic carbocycles. The lowest BCUT2D eigenvalue weighted by atomic mass is 9.81. The number of ether oxygens (including phenoxy) is 2. The molecule has 0 spiro atoms. The van der Waals surface area contributed by atoms with Crippen molar-refractivity contribution in [2.24, 2.45) is 5.73 Å². The molecule has 9 heteroatoms. The Bertz CT molecular complexity index is 1210. The molecular weight excluding hydrogens is 409 g/mol. The maximum Gasteiger partial charge on any atom is 0.416 e. The summed E-state index contributed by atoms with van der Waals surface area (Å²) < 4.78 is 52.4. The number of H-pyrrole nitrogens is 1. The molecule has 1 aromatic heterocycles.